The maximum absolute atomic E-state index is 12.0. The summed E-state index contributed by atoms with van der Waals surface area (Å²) < 4.78 is 58.0. The molecule has 0 amide bonds. The Kier molecular flexibility index (Phi) is 73.3. The summed E-state index contributed by atoms with van der Waals surface area (Å²) in [6.07, 6.45) is 18.5. The lowest BCUT2D eigenvalue weighted by Crippen LogP contribution is -2.48. The van der Waals surface area contributed by atoms with Crippen LogP contribution in [0.5, 0.6) is 34.5 Å². The molecule has 60 heteroatoms. The molecule has 0 aliphatic heterocycles. The van der Waals surface area contributed by atoms with E-state index in [0.29, 0.717) is 50.1 Å². The summed E-state index contributed by atoms with van der Waals surface area (Å²) in [5.74, 6) is 9.19. The number of hydrogen-bond acceptors (Lipinski definition) is 22. The minimum atomic E-state index is -0.331. The molecule has 0 unspecified atom stereocenters. The van der Waals surface area contributed by atoms with Crippen LogP contribution in [0.25, 0.3) is 32.7 Å². The predicted molar refractivity (Wildman–Crippen MR) is 655 cm³/mol. The molecular formula is C72H84Br2O16S42. The molecule has 0 spiro atoms. The average Bonchev–Trinajstić information content (AvgIpc) is 0.730. The van der Waals surface area contributed by atoms with E-state index in [1.165, 1.54) is 155 Å². The van der Waals surface area contributed by atoms with Crippen LogP contribution in [0.15, 0.2) is 93.9 Å². The third-order valence-corrected chi connectivity index (χ3v) is 94.0. The van der Waals surface area contributed by atoms with E-state index < -0.39 is 0 Å². The third-order valence-electron chi connectivity index (χ3n) is 19.7. The number of rotatable bonds is 21. The number of carbonyl (C=O) groups excluding carboxylic acids is 6. The maximum Gasteiger partial charge on any atom is 0.373 e. The maximum atomic E-state index is 12.0. The molecule has 6 aromatic rings. The molecule has 8 saturated carbocycles. The zero-order chi connectivity index (χ0) is 96.0. The molecule has 6 aromatic carbocycles. The fourth-order valence-corrected chi connectivity index (χ4v) is 99.5. The minimum Gasteiger partial charge on any atom is -0.496 e. The van der Waals surface area contributed by atoms with Crippen molar-refractivity contribution >= 4 is 464 Å². The van der Waals surface area contributed by atoms with E-state index in [-0.39, 0.29) is 36.4 Å². The highest BCUT2D eigenvalue weighted by molar-refractivity contribution is 9.10. The van der Waals surface area contributed by atoms with Crippen molar-refractivity contribution in [2.45, 2.75) is 128 Å². The van der Waals surface area contributed by atoms with Crippen LogP contribution in [0.2, 0.25) is 0 Å². The number of carbonyl (C=O) groups is 2. The van der Waals surface area contributed by atoms with Crippen LogP contribution in [-0.2, 0) is 458 Å². The first-order chi connectivity index (χ1) is 64.2. The topological polar surface area (TPSA) is 195 Å². The predicted octanol–water partition coefficient (Wildman–Crippen LogP) is 15.2. The number of aryl methyl sites for hydroxylation is 2. The van der Waals surface area contributed by atoms with Crippen LogP contribution in [-0.4, -0.2) is 92.7 Å². The van der Waals surface area contributed by atoms with E-state index in [9.17, 15) is 9.59 Å². The van der Waals surface area contributed by atoms with Gasteiger partial charge in [0, 0.05) is 457 Å². The number of hydrogen-bond donors (Lipinski definition) is 0. The summed E-state index contributed by atoms with van der Waals surface area (Å²) in [5.41, 5.74) is 7.53. The van der Waals surface area contributed by atoms with Crippen molar-refractivity contribution in [3.05, 3.63) is 116 Å². The third kappa shape index (κ3) is 48.6. The summed E-state index contributed by atoms with van der Waals surface area (Å²) in [5, 5.41) is 3.62. The van der Waals surface area contributed by atoms with Crippen LogP contribution >= 0.6 is 31.9 Å². The first-order valence-corrected chi connectivity index (χ1v) is 91.2. The summed E-state index contributed by atoms with van der Waals surface area (Å²) >= 11 is 35.3. The van der Waals surface area contributed by atoms with Gasteiger partial charge < -0.3 is 47.4 Å². The van der Waals surface area contributed by atoms with Crippen LogP contribution in [0.4, 0.5) is 0 Å². The van der Waals surface area contributed by atoms with Gasteiger partial charge in [0.05, 0.1) is 40.6 Å². The molecule has 8 fully saturated rings. The van der Waals surface area contributed by atoms with Gasteiger partial charge in [0.2, 0.25) is 0 Å². The van der Waals surface area contributed by atoms with E-state index in [1.807, 2.05) is 24.3 Å². The van der Waals surface area contributed by atoms with Crippen molar-refractivity contribution in [1.29, 1.82) is 0 Å². The van der Waals surface area contributed by atoms with E-state index >= 15 is 0 Å². The van der Waals surface area contributed by atoms with Gasteiger partial charge in [-0.25, -0.2) is 0 Å². The Hall–Kier alpha value is 2.78. The number of methoxy groups -OCH3 is 4. The van der Waals surface area contributed by atoms with Crippen molar-refractivity contribution < 1.29 is 76.1 Å². The average molecular weight is 2710 g/mol. The molecule has 8 aliphatic carbocycles. The number of fused-ring (bicyclic) bond motifs is 2. The molecule has 8 bridgehead atoms. The second kappa shape index (κ2) is 77.2. The molecule has 734 valence electrons. The lowest BCUT2D eigenvalue weighted by molar-refractivity contribution is -0.193. The van der Waals surface area contributed by atoms with E-state index in [2.05, 4.69) is 129 Å². The largest absolute Gasteiger partial charge is 0.496 e. The van der Waals surface area contributed by atoms with E-state index in [4.69, 9.17) is 111 Å². The highest BCUT2D eigenvalue weighted by Crippen LogP contribution is 2.64. The first kappa shape index (κ1) is 125. The fraction of sp³-hybridized carbons (Fsp3) is 0.500. The van der Waals surface area contributed by atoms with E-state index in [0.717, 1.165) is 124 Å². The van der Waals surface area contributed by atoms with Gasteiger partial charge in [-0.2, -0.15) is 19.2 Å². The molecule has 14 rings (SSSR count). The normalized spacial score (nSPS) is 17.7. The van der Waals surface area contributed by atoms with Gasteiger partial charge in [-0.3, -0.25) is 9.59 Å². The smallest absolute Gasteiger partial charge is 0.373 e. The Morgan fingerprint density at radius 2 is 0.629 bits per heavy atom. The molecule has 0 aromatic heterocycles. The van der Waals surface area contributed by atoms with Crippen molar-refractivity contribution in [3.8, 4) is 45.6 Å². The summed E-state index contributed by atoms with van der Waals surface area (Å²) in [7, 11) is 66.5. The molecule has 132 heavy (non-hydrogen) atoms. The van der Waals surface area contributed by atoms with Gasteiger partial charge in [0.25, 0.3) is 0 Å². The molecule has 0 saturated heterocycles. The van der Waals surface area contributed by atoms with Crippen molar-refractivity contribution in [3.63, 3.8) is 0 Å². The molecule has 8 aliphatic rings. The Morgan fingerprint density at radius 3 is 0.924 bits per heavy atom. The Morgan fingerprint density at radius 1 is 0.341 bits per heavy atom. The van der Waals surface area contributed by atoms with Gasteiger partial charge in [-0.1, -0.05) is 51.8 Å². The van der Waals surface area contributed by atoms with Gasteiger partial charge in [0.15, 0.2) is 13.6 Å². The van der Waals surface area contributed by atoms with Gasteiger partial charge in [-0.05, 0) is 237 Å². The molecule has 0 atom stereocenters. The van der Waals surface area contributed by atoms with Gasteiger partial charge in [-0.15, -0.1) is 0 Å². The van der Waals surface area contributed by atoms with Crippen molar-refractivity contribution in [1.82, 2.24) is 0 Å². The lowest BCUT2D eigenvalue weighted by atomic mass is 9.48. The number of halogens is 2. The molecule has 0 N–H and O–H groups in total. The Bertz CT molecular complexity index is 6650. The highest BCUT2D eigenvalue weighted by atomic mass is 79.9. The SMILES string of the molecule is CCc1cc(OC(C)=O)c2cc(-c3ccc(OCOCCOC)c(C45CC6CC(CC(C6)C4)C5)c3)cc(OC)c2c1.CCc1cc(OC(C)=O)c2cc(Br)cc(OC)c2c1.COCCOCOc1ccc(Br)cc1C12CC3CC(CC(C3)C1)C2.O=C=O.O=C=O.S=S=S=S=S=S=S=S=S.S=S=S=S=S=S=S=S=S=S=S=S=S=S=S=S.S=S=S=S=S=S=S=S=S=S=S=S=S=S=S=S=S. The molecule has 0 radical (unpaired) electrons. The highest BCUT2D eigenvalue weighted by Gasteiger charge is 2.54. The molecule has 0 heterocycles. The molecule has 16 nitrogen and oxygen atoms in total. The lowest BCUT2D eigenvalue weighted by Gasteiger charge is -2.57. The van der Waals surface area contributed by atoms with E-state index in [1.54, 1.807) is 295 Å². The number of ether oxygens (including phenoxy) is 10. The monoisotopic (exact) mass is 2710 g/mol. The quantitative estimate of drug-likeness (QED) is 0.0285. The van der Waals surface area contributed by atoms with Crippen LogP contribution < -0.4 is 28.4 Å². The Labute approximate surface area is 918 Å². The van der Waals surface area contributed by atoms with Gasteiger partial charge >= 0.3 is 24.2 Å². The van der Waals surface area contributed by atoms with Crippen molar-refractivity contribution in [2.24, 2.45) is 35.5 Å². The summed E-state index contributed by atoms with van der Waals surface area (Å²) in [6, 6.07) is 29.2. The first-order valence-electron chi connectivity index (χ1n) is 37.6. The zero-order valence-electron chi connectivity index (χ0n) is 70.1. The second-order valence-electron chi connectivity index (χ2n) is 27.2. The fourth-order valence-electron chi connectivity index (χ4n) is 16.4. The standard InChI is InChI=1S/C35H42O6.C20H27BrO3.C15H15BrO3.2CO2.S17.S16.S9/c1-5-23-13-29-30(34(14-23)41-22(2)36)15-28(17-33(29)38-4)27-6-7-32(40-21-39-9-8-37-3)31(16-27)35-18-24-10-25(19-35)12-26(11-24)20-35;1-22-4-5-23-13-24-19-3-2-17(21)9-18(19)20-10-14-6-15(11-20)8-16(7-14)12-20;1-4-10-5-12-13(15(6-10)19-9(2)17)7-11(16)8-14(12)18-3;2*2-1-3;1-3-5-7-9-11-13-15-17-16-14-12-10-8-6-4-2;1-3-5-7-9-11-13-15-16-14-12-10-8-6-4-2;1-3-5-7-9-8-6-4-2/h6-7,13-17,24-26H,5,8-12,18-21H2,1-4H3;2-3,9,14-16H,4-8,10-13H2,1H3;5-8H,4H2,1-3H3;;;;;. The zero-order valence-corrected chi connectivity index (χ0v) is 108. The number of esters is 2. The second-order valence-corrected chi connectivity index (χ2v) is 92.8. The summed E-state index contributed by atoms with van der Waals surface area (Å²) in [6.45, 7) is 9.72. The van der Waals surface area contributed by atoms with Crippen molar-refractivity contribution in [2.75, 3.05) is 68.5 Å². The Balaban J connectivity index is 0.000000294. The van der Waals surface area contributed by atoms with Gasteiger partial charge in [0.1, 0.15) is 34.5 Å². The summed E-state index contributed by atoms with van der Waals surface area (Å²) in [4.78, 5) is 55.7. The molecular weight excluding hydrogens is 2630 g/mol. The van der Waals surface area contributed by atoms with Crippen LogP contribution in [0.1, 0.15) is 127 Å². The van der Waals surface area contributed by atoms with Crippen LogP contribution in [0.3, 0.4) is 0 Å². The number of benzene rings is 6. The van der Waals surface area contributed by atoms with Crippen LogP contribution in [0, 0.1) is 35.5 Å². The minimum absolute atomic E-state index is 0.145.